The summed E-state index contributed by atoms with van der Waals surface area (Å²) in [6, 6.07) is 12.1. The second kappa shape index (κ2) is 7.96. The monoisotopic (exact) mass is 416 g/mol. The SMILES string of the molecule is Cc1ccc(-c2nc(S(=O)(=O)c3ccc(F)cc3)c(NC[C@@H]3CCCO3)o2)cc1. The first kappa shape index (κ1) is 19.6. The van der Waals surface area contributed by atoms with Crippen molar-refractivity contribution in [1.29, 1.82) is 0 Å². The molecule has 0 aliphatic carbocycles. The van der Waals surface area contributed by atoms with Crippen LogP contribution in [0.2, 0.25) is 0 Å². The van der Waals surface area contributed by atoms with Crippen LogP contribution in [-0.2, 0) is 14.6 Å². The zero-order valence-corrected chi connectivity index (χ0v) is 16.7. The van der Waals surface area contributed by atoms with E-state index in [2.05, 4.69) is 10.3 Å². The fourth-order valence-corrected chi connectivity index (χ4v) is 4.44. The molecular weight excluding hydrogens is 395 g/mol. The number of nitrogens with zero attached hydrogens (tertiary/aromatic N) is 1. The minimum absolute atomic E-state index is 0.00991. The summed E-state index contributed by atoms with van der Waals surface area (Å²) in [6.07, 6.45) is 1.86. The lowest BCUT2D eigenvalue weighted by atomic mass is 10.1. The predicted molar refractivity (Wildman–Crippen MR) is 106 cm³/mol. The number of anilines is 1. The third-order valence-corrected chi connectivity index (χ3v) is 6.47. The van der Waals surface area contributed by atoms with Gasteiger partial charge in [-0.1, -0.05) is 17.7 Å². The molecule has 2 aromatic carbocycles. The first-order valence-corrected chi connectivity index (χ1v) is 10.9. The fraction of sp³-hybridized carbons (Fsp3) is 0.286. The zero-order valence-electron chi connectivity index (χ0n) is 15.9. The maximum Gasteiger partial charge on any atom is 0.233 e. The van der Waals surface area contributed by atoms with Crippen LogP contribution in [0.5, 0.6) is 0 Å². The summed E-state index contributed by atoms with van der Waals surface area (Å²) in [7, 11) is -4.00. The molecule has 1 saturated heterocycles. The molecular formula is C21H21FN2O4S. The molecule has 1 N–H and O–H groups in total. The van der Waals surface area contributed by atoms with Gasteiger partial charge in [0.15, 0.2) is 0 Å². The summed E-state index contributed by atoms with van der Waals surface area (Å²) >= 11 is 0. The smallest absolute Gasteiger partial charge is 0.233 e. The molecule has 1 aliphatic rings. The number of ether oxygens (including phenoxy) is 1. The van der Waals surface area contributed by atoms with Crippen LogP contribution >= 0.6 is 0 Å². The molecule has 1 aromatic heterocycles. The quantitative estimate of drug-likeness (QED) is 0.606. The van der Waals surface area contributed by atoms with E-state index in [-0.39, 0.29) is 27.8 Å². The standard InChI is InChI=1S/C21H21FN2O4S/c1-14-4-6-15(7-5-14)19-24-21(20(28-19)23-13-17-3-2-12-27-17)29(25,26)18-10-8-16(22)9-11-18/h4-11,17,23H,2-3,12-13H2,1H3/t17-/m0/s1. The summed E-state index contributed by atoms with van der Waals surface area (Å²) in [4.78, 5) is 4.22. The van der Waals surface area contributed by atoms with E-state index in [9.17, 15) is 12.8 Å². The van der Waals surface area contributed by atoms with Gasteiger partial charge in [0, 0.05) is 18.7 Å². The van der Waals surface area contributed by atoms with Crippen molar-refractivity contribution in [3.8, 4) is 11.5 Å². The van der Waals surface area contributed by atoms with E-state index in [1.54, 1.807) is 0 Å². The van der Waals surface area contributed by atoms with Gasteiger partial charge in [-0.25, -0.2) is 12.8 Å². The Hall–Kier alpha value is -2.71. The Morgan fingerprint density at radius 2 is 1.86 bits per heavy atom. The van der Waals surface area contributed by atoms with E-state index in [0.717, 1.165) is 30.5 Å². The van der Waals surface area contributed by atoms with Gasteiger partial charge in [0.1, 0.15) is 5.82 Å². The van der Waals surface area contributed by atoms with Crippen LogP contribution in [-0.4, -0.2) is 32.7 Å². The topological polar surface area (TPSA) is 81.4 Å². The Balaban J connectivity index is 1.73. The summed E-state index contributed by atoms with van der Waals surface area (Å²) in [6.45, 7) is 3.06. The van der Waals surface area contributed by atoms with Crippen LogP contribution in [0.3, 0.4) is 0 Å². The van der Waals surface area contributed by atoms with Gasteiger partial charge in [0.25, 0.3) is 0 Å². The summed E-state index contributed by atoms with van der Waals surface area (Å²) in [5, 5.41) is 2.81. The molecule has 152 valence electrons. The van der Waals surface area contributed by atoms with Crippen molar-refractivity contribution in [2.24, 2.45) is 0 Å². The third-order valence-electron chi connectivity index (χ3n) is 4.79. The van der Waals surface area contributed by atoms with Crippen molar-refractivity contribution in [2.75, 3.05) is 18.5 Å². The molecule has 0 radical (unpaired) electrons. The molecule has 1 aliphatic heterocycles. The summed E-state index contributed by atoms with van der Waals surface area (Å²) < 4.78 is 50.9. The second-order valence-electron chi connectivity index (χ2n) is 6.99. The third kappa shape index (κ3) is 4.18. The van der Waals surface area contributed by atoms with E-state index in [0.29, 0.717) is 18.7 Å². The Morgan fingerprint density at radius 1 is 1.14 bits per heavy atom. The number of hydrogen-bond acceptors (Lipinski definition) is 6. The lowest BCUT2D eigenvalue weighted by molar-refractivity contribution is 0.120. The van der Waals surface area contributed by atoms with Crippen molar-refractivity contribution < 1.29 is 22.0 Å². The molecule has 4 rings (SSSR count). The highest BCUT2D eigenvalue weighted by molar-refractivity contribution is 7.91. The second-order valence-corrected chi connectivity index (χ2v) is 8.86. The molecule has 0 saturated carbocycles. The van der Waals surface area contributed by atoms with Gasteiger partial charge in [-0.05, 0) is 56.2 Å². The first-order valence-electron chi connectivity index (χ1n) is 9.37. The van der Waals surface area contributed by atoms with Crippen LogP contribution < -0.4 is 5.32 Å². The Kier molecular flexibility index (Phi) is 5.38. The van der Waals surface area contributed by atoms with E-state index < -0.39 is 15.7 Å². The molecule has 0 spiro atoms. The molecule has 1 fully saturated rings. The average molecular weight is 416 g/mol. The van der Waals surface area contributed by atoms with Gasteiger partial charge in [-0.3, -0.25) is 0 Å². The number of aryl methyl sites for hydroxylation is 1. The Labute approximate surface area is 168 Å². The van der Waals surface area contributed by atoms with E-state index >= 15 is 0 Å². The number of sulfone groups is 1. The van der Waals surface area contributed by atoms with E-state index in [1.165, 1.54) is 12.1 Å². The fourth-order valence-electron chi connectivity index (χ4n) is 3.16. The molecule has 6 nitrogen and oxygen atoms in total. The van der Waals surface area contributed by atoms with Gasteiger partial charge < -0.3 is 14.5 Å². The van der Waals surface area contributed by atoms with Crippen LogP contribution in [0, 0.1) is 12.7 Å². The molecule has 3 aromatic rings. The predicted octanol–water partition coefficient (Wildman–Crippen LogP) is 4.21. The molecule has 1 atom stereocenters. The normalized spacial score (nSPS) is 16.8. The van der Waals surface area contributed by atoms with Crippen molar-refractivity contribution >= 4 is 15.7 Å². The molecule has 0 bridgehead atoms. The number of rotatable bonds is 6. The number of benzene rings is 2. The average Bonchev–Trinajstić information content (AvgIpc) is 3.37. The van der Waals surface area contributed by atoms with Crippen LogP contribution in [0.15, 0.2) is 62.9 Å². The lowest BCUT2D eigenvalue weighted by Crippen LogP contribution is -2.19. The van der Waals surface area contributed by atoms with E-state index in [4.69, 9.17) is 9.15 Å². The number of oxazole rings is 1. The Bertz CT molecular complexity index is 1090. The first-order chi connectivity index (χ1) is 13.9. The van der Waals surface area contributed by atoms with Crippen molar-refractivity contribution in [3.05, 3.63) is 59.9 Å². The Morgan fingerprint density at radius 3 is 2.52 bits per heavy atom. The number of hydrogen-bond donors (Lipinski definition) is 1. The molecule has 0 amide bonds. The summed E-state index contributed by atoms with van der Waals surface area (Å²) in [5.41, 5.74) is 1.73. The minimum Gasteiger partial charge on any atom is -0.419 e. The number of halogens is 1. The number of nitrogens with one attached hydrogen (secondary N) is 1. The highest BCUT2D eigenvalue weighted by Gasteiger charge is 2.29. The van der Waals surface area contributed by atoms with E-state index in [1.807, 2.05) is 31.2 Å². The maximum atomic E-state index is 13.3. The van der Waals surface area contributed by atoms with Crippen molar-refractivity contribution in [1.82, 2.24) is 4.98 Å². The van der Waals surface area contributed by atoms with Crippen LogP contribution in [0.1, 0.15) is 18.4 Å². The maximum absolute atomic E-state index is 13.3. The molecule has 2 heterocycles. The largest absolute Gasteiger partial charge is 0.419 e. The van der Waals surface area contributed by atoms with Gasteiger partial charge in [-0.15, -0.1) is 0 Å². The van der Waals surface area contributed by atoms with Crippen molar-refractivity contribution in [2.45, 2.75) is 35.8 Å². The van der Waals surface area contributed by atoms with Gasteiger partial charge in [0.2, 0.25) is 26.6 Å². The molecule has 8 heteroatoms. The highest BCUT2D eigenvalue weighted by Crippen LogP contribution is 2.32. The lowest BCUT2D eigenvalue weighted by Gasteiger charge is -2.10. The minimum atomic E-state index is -4.00. The molecule has 29 heavy (non-hydrogen) atoms. The zero-order chi connectivity index (χ0) is 20.4. The van der Waals surface area contributed by atoms with Crippen molar-refractivity contribution in [3.63, 3.8) is 0 Å². The van der Waals surface area contributed by atoms with Crippen LogP contribution in [0.4, 0.5) is 10.3 Å². The van der Waals surface area contributed by atoms with Crippen LogP contribution in [0.25, 0.3) is 11.5 Å². The summed E-state index contributed by atoms with van der Waals surface area (Å²) in [5.74, 6) is -0.262. The van der Waals surface area contributed by atoms with Gasteiger partial charge in [-0.2, -0.15) is 4.98 Å². The number of aromatic nitrogens is 1. The highest BCUT2D eigenvalue weighted by atomic mass is 32.2. The van der Waals surface area contributed by atoms with Gasteiger partial charge >= 0.3 is 0 Å². The molecule has 0 unspecified atom stereocenters. The van der Waals surface area contributed by atoms with Gasteiger partial charge in [0.05, 0.1) is 11.0 Å².